The molecular formula is C16H21NO2. The SMILES string of the molecule is O=C1CCC2CC(O)CN(Cc3ccccc3)C2C1. The third-order valence-corrected chi connectivity index (χ3v) is 4.49. The molecule has 2 fully saturated rings. The average molecular weight is 259 g/mol. The number of fused-ring (bicyclic) bond motifs is 1. The van der Waals surface area contributed by atoms with Crippen molar-refractivity contribution < 1.29 is 9.90 Å². The van der Waals surface area contributed by atoms with Crippen LogP contribution in [0.4, 0.5) is 0 Å². The summed E-state index contributed by atoms with van der Waals surface area (Å²) in [7, 11) is 0. The van der Waals surface area contributed by atoms with E-state index in [4.69, 9.17) is 0 Å². The van der Waals surface area contributed by atoms with Gasteiger partial charge in [-0.1, -0.05) is 30.3 Å². The molecule has 1 aromatic carbocycles. The number of rotatable bonds is 2. The molecule has 0 radical (unpaired) electrons. The molecule has 3 atom stereocenters. The summed E-state index contributed by atoms with van der Waals surface area (Å²) < 4.78 is 0. The lowest BCUT2D eigenvalue weighted by Gasteiger charge is -2.45. The summed E-state index contributed by atoms with van der Waals surface area (Å²) in [4.78, 5) is 14.0. The van der Waals surface area contributed by atoms with E-state index in [9.17, 15) is 9.90 Å². The van der Waals surface area contributed by atoms with Crippen molar-refractivity contribution in [3.8, 4) is 0 Å². The van der Waals surface area contributed by atoms with Crippen molar-refractivity contribution in [3.63, 3.8) is 0 Å². The molecular weight excluding hydrogens is 238 g/mol. The average Bonchev–Trinajstić information content (AvgIpc) is 2.41. The Labute approximate surface area is 114 Å². The molecule has 19 heavy (non-hydrogen) atoms. The number of hydrogen-bond donors (Lipinski definition) is 1. The van der Waals surface area contributed by atoms with Gasteiger partial charge in [-0.3, -0.25) is 9.69 Å². The van der Waals surface area contributed by atoms with Gasteiger partial charge in [0.2, 0.25) is 0 Å². The molecule has 0 amide bonds. The molecule has 1 heterocycles. The van der Waals surface area contributed by atoms with Crippen LogP contribution in [-0.2, 0) is 11.3 Å². The zero-order valence-corrected chi connectivity index (χ0v) is 11.2. The van der Waals surface area contributed by atoms with Gasteiger partial charge in [-0.15, -0.1) is 0 Å². The number of likely N-dealkylation sites (tertiary alicyclic amines) is 1. The number of carbonyl (C=O) groups is 1. The van der Waals surface area contributed by atoms with Crippen LogP contribution in [0.2, 0.25) is 0 Å². The number of nitrogens with zero attached hydrogens (tertiary/aromatic N) is 1. The minimum Gasteiger partial charge on any atom is -0.392 e. The maximum absolute atomic E-state index is 11.7. The fraction of sp³-hybridized carbons (Fsp3) is 0.562. The molecule has 3 nitrogen and oxygen atoms in total. The number of aliphatic hydroxyl groups excluding tert-OH is 1. The first-order valence-electron chi connectivity index (χ1n) is 7.20. The second-order valence-corrected chi connectivity index (χ2v) is 5.91. The van der Waals surface area contributed by atoms with E-state index in [0.29, 0.717) is 37.1 Å². The first kappa shape index (κ1) is 12.8. The van der Waals surface area contributed by atoms with Gasteiger partial charge in [0.1, 0.15) is 5.78 Å². The lowest BCUT2D eigenvalue weighted by Crippen LogP contribution is -2.52. The van der Waals surface area contributed by atoms with E-state index in [1.54, 1.807) is 0 Å². The first-order chi connectivity index (χ1) is 9.22. The van der Waals surface area contributed by atoms with Crippen LogP contribution in [-0.4, -0.2) is 34.5 Å². The van der Waals surface area contributed by atoms with Gasteiger partial charge in [0.05, 0.1) is 6.10 Å². The molecule has 2 aliphatic rings. The number of ketones is 1. The molecule has 1 aromatic rings. The Balaban J connectivity index is 1.75. The van der Waals surface area contributed by atoms with Crippen molar-refractivity contribution in [1.82, 2.24) is 4.90 Å². The largest absolute Gasteiger partial charge is 0.392 e. The molecule has 1 N–H and O–H groups in total. The second-order valence-electron chi connectivity index (χ2n) is 5.91. The Morgan fingerprint density at radius 3 is 2.84 bits per heavy atom. The summed E-state index contributed by atoms with van der Waals surface area (Å²) in [5.74, 6) is 0.876. The van der Waals surface area contributed by atoms with Gasteiger partial charge in [0.25, 0.3) is 0 Å². The van der Waals surface area contributed by atoms with Crippen LogP contribution in [0.1, 0.15) is 31.2 Å². The number of piperidine rings is 1. The number of benzene rings is 1. The molecule has 1 aliphatic heterocycles. The Bertz CT molecular complexity index is 445. The summed E-state index contributed by atoms with van der Waals surface area (Å²) in [6, 6.07) is 10.7. The van der Waals surface area contributed by atoms with E-state index in [0.717, 1.165) is 19.4 Å². The topological polar surface area (TPSA) is 40.5 Å². The van der Waals surface area contributed by atoms with Gasteiger partial charge in [-0.05, 0) is 24.3 Å². The molecule has 1 saturated heterocycles. The van der Waals surface area contributed by atoms with Crippen LogP contribution in [0.3, 0.4) is 0 Å². The number of aliphatic hydroxyl groups is 1. The van der Waals surface area contributed by atoms with Gasteiger partial charge >= 0.3 is 0 Å². The molecule has 0 bridgehead atoms. The van der Waals surface area contributed by atoms with Crippen LogP contribution in [0, 0.1) is 5.92 Å². The van der Waals surface area contributed by atoms with Crippen molar-refractivity contribution in [2.45, 2.75) is 44.4 Å². The molecule has 1 aliphatic carbocycles. The third kappa shape index (κ3) is 2.88. The predicted molar refractivity (Wildman–Crippen MR) is 73.6 cm³/mol. The quantitative estimate of drug-likeness (QED) is 0.883. The van der Waals surface area contributed by atoms with Crippen LogP contribution in [0.5, 0.6) is 0 Å². The van der Waals surface area contributed by atoms with Gasteiger partial charge in [0.15, 0.2) is 0 Å². The number of Topliss-reactive ketones (excluding diaryl/α,β-unsaturated/α-hetero) is 1. The Hall–Kier alpha value is -1.19. The van der Waals surface area contributed by atoms with Crippen molar-refractivity contribution in [1.29, 1.82) is 0 Å². The normalized spacial score (nSPS) is 32.1. The van der Waals surface area contributed by atoms with Gasteiger partial charge in [-0.2, -0.15) is 0 Å². The highest BCUT2D eigenvalue weighted by Gasteiger charge is 2.39. The minimum atomic E-state index is -0.238. The first-order valence-corrected chi connectivity index (χ1v) is 7.20. The Morgan fingerprint density at radius 2 is 2.05 bits per heavy atom. The highest BCUT2D eigenvalue weighted by atomic mass is 16.3. The highest BCUT2D eigenvalue weighted by Crippen LogP contribution is 2.34. The Morgan fingerprint density at radius 1 is 1.26 bits per heavy atom. The maximum Gasteiger partial charge on any atom is 0.134 e. The Kier molecular flexibility index (Phi) is 3.67. The van der Waals surface area contributed by atoms with E-state index in [1.165, 1.54) is 5.56 Å². The number of hydrogen-bond acceptors (Lipinski definition) is 3. The fourth-order valence-electron chi connectivity index (χ4n) is 3.57. The molecule has 0 aromatic heterocycles. The lowest BCUT2D eigenvalue weighted by atomic mass is 9.77. The van der Waals surface area contributed by atoms with Crippen LogP contribution >= 0.6 is 0 Å². The lowest BCUT2D eigenvalue weighted by molar-refractivity contribution is -0.126. The summed E-state index contributed by atoms with van der Waals surface area (Å²) in [6.45, 7) is 1.54. The maximum atomic E-state index is 11.7. The third-order valence-electron chi connectivity index (χ3n) is 4.49. The van der Waals surface area contributed by atoms with Crippen LogP contribution in [0.25, 0.3) is 0 Å². The van der Waals surface area contributed by atoms with Gasteiger partial charge in [0, 0.05) is 32.0 Å². The standard InChI is InChI=1S/C16H21NO2/c18-14-7-6-13-8-15(19)11-17(16(13)9-14)10-12-4-2-1-3-5-12/h1-5,13,15-16,19H,6-11H2. The molecule has 3 rings (SSSR count). The second kappa shape index (κ2) is 5.43. The highest BCUT2D eigenvalue weighted by molar-refractivity contribution is 5.79. The fourth-order valence-corrected chi connectivity index (χ4v) is 3.57. The molecule has 3 heteroatoms. The van der Waals surface area contributed by atoms with Crippen LogP contribution < -0.4 is 0 Å². The number of carbonyl (C=O) groups excluding carboxylic acids is 1. The van der Waals surface area contributed by atoms with Crippen LogP contribution in [0.15, 0.2) is 30.3 Å². The monoisotopic (exact) mass is 259 g/mol. The predicted octanol–water partition coefficient (Wildman–Crippen LogP) is 1.99. The molecule has 0 spiro atoms. The van der Waals surface area contributed by atoms with E-state index < -0.39 is 0 Å². The van der Waals surface area contributed by atoms with Crippen molar-refractivity contribution in [3.05, 3.63) is 35.9 Å². The van der Waals surface area contributed by atoms with Gasteiger partial charge in [-0.25, -0.2) is 0 Å². The van der Waals surface area contributed by atoms with Gasteiger partial charge < -0.3 is 5.11 Å². The zero-order chi connectivity index (χ0) is 13.2. The molecule has 102 valence electrons. The molecule has 1 saturated carbocycles. The van der Waals surface area contributed by atoms with E-state index in [2.05, 4.69) is 17.0 Å². The van der Waals surface area contributed by atoms with Crippen molar-refractivity contribution in [2.24, 2.45) is 5.92 Å². The summed E-state index contributed by atoms with van der Waals surface area (Å²) in [5.41, 5.74) is 1.26. The summed E-state index contributed by atoms with van der Waals surface area (Å²) in [5, 5.41) is 10.0. The summed E-state index contributed by atoms with van der Waals surface area (Å²) in [6.07, 6.45) is 2.95. The van der Waals surface area contributed by atoms with E-state index in [-0.39, 0.29) is 6.10 Å². The minimum absolute atomic E-state index is 0.238. The zero-order valence-electron chi connectivity index (χ0n) is 11.2. The van der Waals surface area contributed by atoms with Crippen molar-refractivity contribution in [2.75, 3.05) is 6.54 Å². The summed E-state index contributed by atoms with van der Waals surface area (Å²) >= 11 is 0. The van der Waals surface area contributed by atoms with E-state index in [1.807, 2.05) is 18.2 Å². The molecule has 3 unspecified atom stereocenters. The van der Waals surface area contributed by atoms with Crippen molar-refractivity contribution >= 4 is 5.78 Å². The number of β-amino-alcohol motifs (C(OH)–C–C–N with tert-alkyl or cyclic N) is 1. The van der Waals surface area contributed by atoms with E-state index >= 15 is 0 Å². The smallest absolute Gasteiger partial charge is 0.134 e.